The zero-order valence-corrected chi connectivity index (χ0v) is 13.8. The average molecular weight is 331 g/mol. The van der Waals surface area contributed by atoms with Crippen molar-refractivity contribution in [2.45, 2.75) is 38.0 Å². The van der Waals surface area contributed by atoms with Crippen LogP contribution in [0.2, 0.25) is 0 Å². The topological polar surface area (TPSA) is 70.3 Å². The Bertz CT molecular complexity index is 685. The zero-order chi connectivity index (χ0) is 16.9. The number of ether oxygens (including phenoxy) is 2. The number of nitrogens with zero attached hydrogens (tertiary/aromatic N) is 2. The lowest BCUT2D eigenvalue weighted by atomic mass is 9.83. The molecule has 1 fully saturated rings. The molecule has 1 heterocycles. The fraction of sp³-hybridized carbons (Fsp3) is 0.444. The summed E-state index contributed by atoms with van der Waals surface area (Å²) in [6.45, 7) is 0.0122. The van der Waals surface area contributed by atoms with Gasteiger partial charge in [0.05, 0.1) is 0 Å². The standard InChI is InChI=1S/C18H22FN3O2/c1-23-11-24-17-15(12-5-3-2-4-6-12)8-7-14(16(17)19)13-9-21-18(20)22-10-13/h7-10,12H,2-6,11H2,1H3,(H2,20,21,22). The highest BCUT2D eigenvalue weighted by Gasteiger charge is 2.24. The number of nitrogen functional groups attached to an aromatic ring is 1. The van der Waals surface area contributed by atoms with Gasteiger partial charge in [-0.1, -0.05) is 31.4 Å². The summed E-state index contributed by atoms with van der Waals surface area (Å²) >= 11 is 0. The largest absolute Gasteiger partial charge is 0.464 e. The molecule has 1 aromatic carbocycles. The number of halogens is 1. The smallest absolute Gasteiger partial charge is 0.219 e. The molecule has 1 saturated carbocycles. The Morgan fingerprint density at radius 2 is 1.88 bits per heavy atom. The maximum atomic E-state index is 15.1. The lowest BCUT2D eigenvalue weighted by molar-refractivity contribution is 0.0471. The Kier molecular flexibility index (Phi) is 5.25. The molecule has 0 radical (unpaired) electrons. The summed E-state index contributed by atoms with van der Waals surface area (Å²) in [5.74, 6) is 0.368. The van der Waals surface area contributed by atoms with Crippen LogP contribution >= 0.6 is 0 Å². The zero-order valence-electron chi connectivity index (χ0n) is 13.8. The van der Waals surface area contributed by atoms with Crippen LogP contribution in [0.15, 0.2) is 24.5 Å². The van der Waals surface area contributed by atoms with Crippen LogP contribution in [0.1, 0.15) is 43.6 Å². The molecule has 0 saturated heterocycles. The van der Waals surface area contributed by atoms with Crippen molar-refractivity contribution in [2.24, 2.45) is 0 Å². The van der Waals surface area contributed by atoms with Crippen LogP contribution in [0.5, 0.6) is 5.75 Å². The molecule has 2 N–H and O–H groups in total. The second-order valence-corrected chi connectivity index (χ2v) is 6.06. The molecule has 2 aromatic rings. The first-order chi connectivity index (χ1) is 11.7. The van der Waals surface area contributed by atoms with E-state index in [1.807, 2.05) is 6.07 Å². The van der Waals surface area contributed by atoms with Crippen LogP contribution in [0, 0.1) is 5.82 Å². The van der Waals surface area contributed by atoms with Crippen molar-refractivity contribution in [2.75, 3.05) is 19.6 Å². The number of rotatable bonds is 5. The Balaban J connectivity index is 2.01. The molecule has 1 aliphatic rings. The van der Waals surface area contributed by atoms with Gasteiger partial charge in [-0.2, -0.15) is 0 Å². The Hall–Kier alpha value is -2.21. The van der Waals surface area contributed by atoms with E-state index in [1.54, 1.807) is 6.07 Å². The SMILES string of the molecule is COCOc1c(C2CCCCC2)ccc(-c2cnc(N)nc2)c1F. The lowest BCUT2D eigenvalue weighted by Crippen LogP contribution is -2.10. The highest BCUT2D eigenvalue weighted by Crippen LogP contribution is 2.41. The van der Waals surface area contributed by atoms with Crippen LogP contribution in [-0.4, -0.2) is 23.9 Å². The summed E-state index contributed by atoms with van der Waals surface area (Å²) in [5.41, 5.74) is 7.40. The monoisotopic (exact) mass is 331 g/mol. The normalized spacial score (nSPS) is 15.4. The van der Waals surface area contributed by atoms with E-state index in [2.05, 4.69) is 9.97 Å². The quantitative estimate of drug-likeness (QED) is 0.842. The Morgan fingerprint density at radius 3 is 2.54 bits per heavy atom. The van der Waals surface area contributed by atoms with E-state index in [-0.39, 0.29) is 18.5 Å². The molecule has 0 amide bonds. The summed E-state index contributed by atoms with van der Waals surface area (Å²) in [5, 5.41) is 0. The highest BCUT2D eigenvalue weighted by molar-refractivity contribution is 5.66. The van der Waals surface area contributed by atoms with Crippen molar-refractivity contribution >= 4 is 5.95 Å². The molecule has 0 aliphatic heterocycles. The first-order valence-electron chi connectivity index (χ1n) is 8.22. The molecular weight excluding hydrogens is 309 g/mol. The molecule has 3 rings (SSSR count). The van der Waals surface area contributed by atoms with Crippen LogP contribution in [0.3, 0.4) is 0 Å². The van der Waals surface area contributed by atoms with E-state index in [4.69, 9.17) is 15.2 Å². The van der Waals surface area contributed by atoms with Gasteiger partial charge in [-0.05, 0) is 18.8 Å². The third-order valence-electron chi connectivity index (χ3n) is 4.48. The number of methoxy groups -OCH3 is 1. The molecule has 0 atom stereocenters. The summed E-state index contributed by atoms with van der Waals surface area (Å²) in [6, 6.07) is 3.73. The molecule has 0 unspecified atom stereocenters. The van der Waals surface area contributed by atoms with E-state index >= 15 is 4.39 Å². The lowest BCUT2D eigenvalue weighted by Gasteiger charge is -2.25. The van der Waals surface area contributed by atoms with E-state index in [1.165, 1.54) is 38.8 Å². The minimum Gasteiger partial charge on any atom is -0.464 e. The number of nitrogens with two attached hydrogens (primary N) is 1. The first-order valence-corrected chi connectivity index (χ1v) is 8.22. The van der Waals surface area contributed by atoms with Crippen LogP contribution in [-0.2, 0) is 4.74 Å². The predicted octanol–water partition coefficient (Wildman–Crippen LogP) is 3.90. The minimum atomic E-state index is -0.400. The highest BCUT2D eigenvalue weighted by atomic mass is 19.1. The minimum absolute atomic E-state index is 0.0122. The van der Waals surface area contributed by atoms with Crippen molar-refractivity contribution in [1.29, 1.82) is 0 Å². The molecule has 6 heteroatoms. The molecule has 0 spiro atoms. The van der Waals surface area contributed by atoms with Crippen LogP contribution < -0.4 is 10.5 Å². The van der Waals surface area contributed by atoms with E-state index in [0.717, 1.165) is 18.4 Å². The fourth-order valence-corrected chi connectivity index (χ4v) is 3.27. The van der Waals surface area contributed by atoms with Crippen molar-refractivity contribution in [3.05, 3.63) is 35.9 Å². The summed E-state index contributed by atoms with van der Waals surface area (Å²) in [4.78, 5) is 7.87. The molecule has 1 aliphatic carbocycles. The van der Waals surface area contributed by atoms with Gasteiger partial charge in [-0.3, -0.25) is 0 Å². The van der Waals surface area contributed by atoms with Gasteiger partial charge in [0.2, 0.25) is 5.95 Å². The number of anilines is 1. The van der Waals surface area contributed by atoms with Gasteiger partial charge < -0.3 is 15.2 Å². The predicted molar refractivity (Wildman–Crippen MR) is 90.2 cm³/mol. The molecule has 1 aromatic heterocycles. The summed E-state index contributed by atoms with van der Waals surface area (Å²) in [7, 11) is 1.52. The van der Waals surface area contributed by atoms with Crippen LogP contribution in [0.4, 0.5) is 10.3 Å². The Labute approximate surface area is 141 Å². The molecule has 24 heavy (non-hydrogen) atoms. The van der Waals surface area contributed by atoms with Gasteiger partial charge >= 0.3 is 0 Å². The second-order valence-electron chi connectivity index (χ2n) is 6.06. The number of aromatic nitrogens is 2. The van der Waals surface area contributed by atoms with Gasteiger partial charge in [-0.15, -0.1) is 0 Å². The number of benzene rings is 1. The summed E-state index contributed by atoms with van der Waals surface area (Å²) < 4.78 is 25.7. The van der Waals surface area contributed by atoms with E-state index < -0.39 is 5.82 Å². The van der Waals surface area contributed by atoms with Crippen molar-refractivity contribution < 1.29 is 13.9 Å². The van der Waals surface area contributed by atoms with Gasteiger partial charge in [0.1, 0.15) is 0 Å². The molecule has 5 nitrogen and oxygen atoms in total. The average Bonchev–Trinajstić information content (AvgIpc) is 2.62. The molecule has 128 valence electrons. The summed E-state index contributed by atoms with van der Waals surface area (Å²) in [6.07, 6.45) is 8.74. The van der Waals surface area contributed by atoms with Crippen molar-refractivity contribution in [3.63, 3.8) is 0 Å². The maximum Gasteiger partial charge on any atom is 0.219 e. The third-order valence-corrected chi connectivity index (χ3v) is 4.48. The van der Waals surface area contributed by atoms with E-state index in [0.29, 0.717) is 17.0 Å². The number of hydrogen-bond donors (Lipinski definition) is 1. The van der Waals surface area contributed by atoms with Gasteiger partial charge in [0.15, 0.2) is 18.4 Å². The van der Waals surface area contributed by atoms with Crippen LogP contribution in [0.25, 0.3) is 11.1 Å². The van der Waals surface area contributed by atoms with Gasteiger partial charge in [-0.25, -0.2) is 14.4 Å². The fourth-order valence-electron chi connectivity index (χ4n) is 3.27. The third kappa shape index (κ3) is 3.48. The Morgan fingerprint density at radius 1 is 1.17 bits per heavy atom. The molecule has 0 bridgehead atoms. The maximum absolute atomic E-state index is 15.1. The molecular formula is C18H22FN3O2. The number of hydrogen-bond acceptors (Lipinski definition) is 5. The van der Waals surface area contributed by atoms with Gasteiger partial charge in [0.25, 0.3) is 0 Å². The van der Waals surface area contributed by atoms with E-state index in [9.17, 15) is 0 Å². The van der Waals surface area contributed by atoms with Crippen molar-refractivity contribution in [3.8, 4) is 16.9 Å². The van der Waals surface area contributed by atoms with Crippen molar-refractivity contribution in [1.82, 2.24) is 9.97 Å². The van der Waals surface area contributed by atoms with Gasteiger partial charge in [0, 0.05) is 36.2 Å². The second kappa shape index (κ2) is 7.57. The first kappa shape index (κ1) is 16.6.